The highest BCUT2D eigenvalue weighted by Crippen LogP contribution is 2.31. The van der Waals surface area contributed by atoms with E-state index in [9.17, 15) is 4.79 Å². The molecule has 0 aliphatic heterocycles. The van der Waals surface area contributed by atoms with Crippen LogP contribution >= 0.6 is 0 Å². The van der Waals surface area contributed by atoms with Gasteiger partial charge in [-0.1, -0.05) is 6.08 Å². The molecule has 0 bridgehead atoms. The third-order valence-corrected chi connectivity index (χ3v) is 3.40. The van der Waals surface area contributed by atoms with Gasteiger partial charge in [0.2, 0.25) is 0 Å². The van der Waals surface area contributed by atoms with Gasteiger partial charge in [0.15, 0.2) is 0 Å². The fourth-order valence-electron chi connectivity index (χ4n) is 2.36. The molecule has 1 unspecified atom stereocenters. The first-order valence-corrected chi connectivity index (χ1v) is 6.75. The van der Waals surface area contributed by atoms with Crippen LogP contribution in [-0.2, 0) is 9.53 Å². The molecule has 1 heterocycles. The van der Waals surface area contributed by atoms with E-state index in [1.807, 2.05) is 19.1 Å². The van der Waals surface area contributed by atoms with Crippen molar-refractivity contribution in [2.75, 3.05) is 12.3 Å². The summed E-state index contributed by atoms with van der Waals surface area (Å²) in [5, 5.41) is 0. The summed E-state index contributed by atoms with van der Waals surface area (Å²) >= 11 is 0. The number of nitrogen functional groups attached to an aromatic ring is 1. The summed E-state index contributed by atoms with van der Waals surface area (Å²) in [5.41, 5.74) is 8.55. The Hall–Kier alpha value is -1.84. The summed E-state index contributed by atoms with van der Waals surface area (Å²) in [6.07, 6.45) is 7.28. The van der Waals surface area contributed by atoms with Crippen LogP contribution in [0, 0.1) is 5.92 Å². The molecule has 1 aromatic rings. The Bertz CT molecular complexity index is 466. The molecule has 102 valence electrons. The fourth-order valence-corrected chi connectivity index (χ4v) is 2.36. The fraction of sp³-hybridized carbons (Fsp3) is 0.467. The Morgan fingerprint density at radius 2 is 2.37 bits per heavy atom. The molecule has 0 fully saturated rings. The number of anilines is 1. The number of ether oxygens (including phenoxy) is 1. The molecule has 2 rings (SSSR count). The smallest absolute Gasteiger partial charge is 0.306 e. The summed E-state index contributed by atoms with van der Waals surface area (Å²) in [6.45, 7) is 2.30. The van der Waals surface area contributed by atoms with Crippen LogP contribution in [0.25, 0.3) is 5.57 Å². The lowest BCUT2D eigenvalue weighted by molar-refractivity contribution is -0.144. The van der Waals surface area contributed by atoms with Crippen LogP contribution in [0.5, 0.6) is 0 Å². The second-order valence-corrected chi connectivity index (χ2v) is 4.86. The van der Waals surface area contributed by atoms with E-state index >= 15 is 0 Å². The van der Waals surface area contributed by atoms with E-state index in [0.29, 0.717) is 24.6 Å². The molecule has 0 spiro atoms. The van der Waals surface area contributed by atoms with Crippen molar-refractivity contribution in [1.29, 1.82) is 0 Å². The number of nitrogens with two attached hydrogens (primary N) is 1. The van der Waals surface area contributed by atoms with Crippen molar-refractivity contribution in [2.24, 2.45) is 5.92 Å². The highest BCUT2D eigenvalue weighted by Gasteiger charge is 2.19. The molecule has 0 amide bonds. The maximum Gasteiger partial charge on any atom is 0.306 e. The van der Waals surface area contributed by atoms with E-state index in [1.165, 1.54) is 5.57 Å². The molecular formula is C15H20N2O2. The summed E-state index contributed by atoms with van der Waals surface area (Å²) in [7, 11) is 0. The van der Waals surface area contributed by atoms with Gasteiger partial charge in [0, 0.05) is 6.42 Å². The number of rotatable bonds is 4. The van der Waals surface area contributed by atoms with Crippen molar-refractivity contribution in [3.63, 3.8) is 0 Å². The first-order chi connectivity index (χ1) is 9.19. The molecule has 1 aliphatic carbocycles. The average Bonchev–Trinajstić information content (AvgIpc) is 2.41. The molecule has 1 aromatic heterocycles. The zero-order valence-electron chi connectivity index (χ0n) is 11.3. The number of allylic oxidation sites excluding steroid dienone is 2. The van der Waals surface area contributed by atoms with Crippen molar-refractivity contribution < 1.29 is 9.53 Å². The lowest BCUT2D eigenvalue weighted by Crippen LogP contribution is -2.13. The number of hydrogen-bond acceptors (Lipinski definition) is 4. The summed E-state index contributed by atoms with van der Waals surface area (Å²) in [4.78, 5) is 15.8. The summed E-state index contributed by atoms with van der Waals surface area (Å²) in [6, 6.07) is 3.82. The van der Waals surface area contributed by atoms with Gasteiger partial charge < -0.3 is 10.5 Å². The van der Waals surface area contributed by atoms with Crippen LogP contribution in [-0.4, -0.2) is 17.6 Å². The standard InChI is InChI=1S/C15H20N2O2/c1-2-19-15(18)9-11-3-5-12(6-4-11)14-8-7-13(16)10-17-14/h5,7-8,10-11H,2-4,6,9,16H2,1H3. The predicted octanol–water partition coefficient (Wildman–Crippen LogP) is 2.80. The van der Waals surface area contributed by atoms with Crippen LogP contribution in [0.3, 0.4) is 0 Å². The predicted molar refractivity (Wildman–Crippen MR) is 75.2 cm³/mol. The Labute approximate surface area is 113 Å². The molecule has 1 atom stereocenters. The van der Waals surface area contributed by atoms with E-state index < -0.39 is 0 Å². The number of carbonyl (C=O) groups excluding carboxylic acids is 1. The summed E-state index contributed by atoms with van der Waals surface area (Å²) < 4.78 is 4.98. The molecule has 0 saturated carbocycles. The van der Waals surface area contributed by atoms with Gasteiger partial charge in [-0.05, 0) is 49.8 Å². The second kappa shape index (κ2) is 6.36. The van der Waals surface area contributed by atoms with E-state index in [1.54, 1.807) is 6.20 Å². The van der Waals surface area contributed by atoms with Crippen molar-refractivity contribution in [2.45, 2.75) is 32.6 Å². The van der Waals surface area contributed by atoms with Crippen molar-refractivity contribution in [3.8, 4) is 0 Å². The quantitative estimate of drug-likeness (QED) is 0.845. The number of nitrogens with zero attached hydrogens (tertiary/aromatic N) is 1. The highest BCUT2D eigenvalue weighted by molar-refractivity contribution is 5.70. The Balaban J connectivity index is 1.92. The minimum absolute atomic E-state index is 0.0880. The molecule has 1 aliphatic rings. The van der Waals surface area contributed by atoms with Crippen molar-refractivity contribution >= 4 is 17.2 Å². The van der Waals surface area contributed by atoms with Gasteiger partial charge in [-0.2, -0.15) is 0 Å². The van der Waals surface area contributed by atoms with Crippen LogP contribution in [0.2, 0.25) is 0 Å². The topological polar surface area (TPSA) is 65.2 Å². The highest BCUT2D eigenvalue weighted by atomic mass is 16.5. The Kier molecular flexibility index (Phi) is 4.55. The summed E-state index contributed by atoms with van der Waals surface area (Å²) in [5.74, 6) is 0.312. The Morgan fingerprint density at radius 3 is 2.95 bits per heavy atom. The number of esters is 1. The van der Waals surface area contributed by atoms with Crippen LogP contribution < -0.4 is 5.73 Å². The zero-order valence-corrected chi connectivity index (χ0v) is 11.3. The molecule has 2 N–H and O–H groups in total. The molecule has 4 nitrogen and oxygen atoms in total. The molecule has 0 saturated heterocycles. The lowest BCUT2D eigenvalue weighted by Gasteiger charge is -2.20. The van der Waals surface area contributed by atoms with Gasteiger partial charge in [0.25, 0.3) is 0 Å². The van der Waals surface area contributed by atoms with E-state index in [4.69, 9.17) is 10.5 Å². The van der Waals surface area contributed by atoms with E-state index in [2.05, 4.69) is 11.1 Å². The van der Waals surface area contributed by atoms with Gasteiger partial charge in [0.1, 0.15) is 0 Å². The monoisotopic (exact) mass is 260 g/mol. The molecule has 4 heteroatoms. The average molecular weight is 260 g/mol. The maximum absolute atomic E-state index is 11.4. The molecule has 19 heavy (non-hydrogen) atoms. The third-order valence-electron chi connectivity index (χ3n) is 3.40. The lowest BCUT2D eigenvalue weighted by atomic mass is 9.86. The van der Waals surface area contributed by atoms with Crippen molar-refractivity contribution in [3.05, 3.63) is 30.1 Å². The van der Waals surface area contributed by atoms with Gasteiger partial charge >= 0.3 is 5.97 Å². The number of pyridine rings is 1. The molecule has 0 radical (unpaired) electrons. The first-order valence-electron chi connectivity index (χ1n) is 6.75. The largest absolute Gasteiger partial charge is 0.466 e. The first kappa shape index (κ1) is 13.6. The van der Waals surface area contributed by atoms with Crippen LogP contribution in [0.4, 0.5) is 5.69 Å². The van der Waals surface area contributed by atoms with Gasteiger partial charge in [-0.3, -0.25) is 9.78 Å². The Morgan fingerprint density at radius 1 is 1.53 bits per heavy atom. The number of carbonyl (C=O) groups is 1. The number of aromatic nitrogens is 1. The third kappa shape index (κ3) is 3.81. The van der Waals surface area contributed by atoms with Crippen LogP contribution in [0.15, 0.2) is 24.4 Å². The molecular weight excluding hydrogens is 240 g/mol. The normalized spacial score (nSPS) is 18.8. The maximum atomic E-state index is 11.4. The van der Waals surface area contributed by atoms with Gasteiger partial charge in [-0.15, -0.1) is 0 Å². The van der Waals surface area contributed by atoms with Crippen molar-refractivity contribution in [1.82, 2.24) is 4.98 Å². The van der Waals surface area contributed by atoms with Gasteiger partial charge in [-0.25, -0.2) is 0 Å². The van der Waals surface area contributed by atoms with Crippen LogP contribution in [0.1, 0.15) is 38.3 Å². The molecule has 0 aromatic carbocycles. The number of hydrogen-bond donors (Lipinski definition) is 1. The SMILES string of the molecule is CCOC(=O)CC1CC=C(c2ccc(N)cn2)CC1. The van der Waals surface area contributed by atoms with Gasteiger partial charge in [0.05, 0.1) is 24.2 Å². The zero-order chi connectivity index (χ0) is 13.7. The van der Waals surface area contributed by atoms with E-state index in [0.717, 1.165) is 25.0 Å². The van der Waals surface area contributed by atoms with E-state index in [-0.39, 0.29) is 5.97 Å². The minimum atomic E-state index is -0.0880. The second-order valence-electron chi connectivity index (χ2n) is 4.86. The minimum Gasteiger partial charge on any atom is -0.466 e.